The number of carbonyl (C=O) groups excluding carboxylic acids is 1. The summed E-state index contributed by atoms with van der Waals surface area (Å²) in [5, 5.41) is 24.2. The highest BCUT2D eigenvalue weighted by molar-refractivity contribution is 6.30. The highest BCUT2D eigenvalue weighted by Crippen LogP contribution is 2.31. The Morgan fingerprint density at radius 2 is 2.21 bits per heavy atom. The second kappa shape index (κ2) is 10.1. The first-order valence-electron chi connectivity index (χ1n) is 10.2. The van der Waals surface area contributed by atoms with E-state index in [1.54, 1.807) is 6.92 Å². The summed E-state index contributed by atoms with van der Waals surface area (Å²) in [6, 6.07) is 3.82. The number of hydrogen-bond donors (Lipinski definition) is 3. The van der Waals surface area contributed by atoms with E-state index < -0.39 is 46.6 Å². The molecule has 1 aromatic heterocycles. The molecule has 33 heavy (non-hydrogen) atoms. The number of benzene rings is 1. The number of rotatable bonds is 8. The Labute approximate surface area is 192 Å². The van der Waals surface area contributed by atoms with E-state index in [0.717, 1.165) is 6.07 Å². The fraction of sp³-hybridized carbons (Fsp3) is 0.450. The molecule has 4 atom stereocenters. The monoisotopic (exact) mass is 482 g/mol. The van der Waals surface area contributed by atoms with Gasteiger partial charge in [-0.3, -0.25) is 29.3 Å². The number of H-pyrrole nitrogens is 1. The van der Waals surface area contributed by atoms with Crippen molar-refractivity contribution in [1.82, 2.24) is 14.9 Å². The van der Waals surface area contributed by atoms with Crippen LogP contribution in [0.15, 0.2) is 34.0 Å². The number of halogens is 1. The maximum absolute atomic E-state index is 12.4. The van der Waals surface area contributed by atoms with Gasteiger partial charge in [0.05, 0.1) is 11.0 Å². The van der Waals surface area contributed by atoms with E-state index in [1.165, 1.54) is 29.8 Å². The lowest BCUT2D eigenvalue weighted by atomic mass is 10.1. The van der Waals surface area contributed by atoms with Crippen molar-refractivity contribution in [2.24, 2.45) is 0 Å². The van der Waals surface area contributed by atoms with Crippen LogP contribution in [-0.2, 0) is 16.0 Å². The summed E-state index contributed by atoms with van der Waals surface area (Å²) in [5.74, 6) is -0.707. The number of carbonyl (C=O) groups is 1. The summed E-state index contributed by atoms with van der Waals surface area (Å²) in [5.41, 5.74) is -1.12. The maximum atomic E-state index is 12.4. The van der Waals surface area contributed by atoms with Crippen LogP contribution in [0.3, 0.4) is 0 Å². The van der Waals surface area contributed by atoms with E-state index in [9.17, 15) is 29.6 Å². The number of amides is 1. The van der Waals surface area contributed by atoms with E-state index in [4.69, 9.17) is 21.1 Å². The molecular formula is C20H23ClN4O8. The van der Waals surface area contributed by atoms with Gasteiger partial charge in [0, 0.05) is 35.8 Å². The van der Waals surface area contributed by atoms with Gasteiger partial charge in [0.2, 0.25) is 0 Å². The number of aromatic amines is 1. The molecule has 1 aliphatic rings. The van der Waals surface area contributed by atoms with Crippen LogP contribution in [0.1, 0.15) is 32.1 Å². The standard InChI is InChI=1S/C20H23ClN4O8/c1-3-11-9-24(20(29)23-19(11)28)17-7-14(26)16(33-17)8-22-18(27)10(2)32-15-5-4-12(21)6-13(15)25(30)31/h4-6,9-10,14,16-17,26H,3,7-8H2,1-2H3,(H,22,27)(H,23,28,29)/t10?,14-,16+,17+/m0/s1. The normalized spacial score (nSPS) is 20.9. The summed E-state index contributed by atoms with van der Waals surface area (Å²) in [6.07, 6.45) is -1.82. The third kappa shape index (κ3) is 5.59. The first kappa shape index (κ1) is 24.4. The number of aliphatic hydroxyl groups is 1. The molecular weight excluding hydrogens is 460 g/mol. The molecule has 2 heterocycles. The number of hydrogen-bond acceptors (Lipinski definition) is 8. The average molecular weight is 483 g/mol. The van der Waals surface area contributed by atoms with Crippen molar-refractivity contribution >= 4 is 23.2 Å². The quantitative estimate of drug-likeness (QED) is 0.368. The fourth-order valence-electron chi connectivity index (χ4n) is 3.38. The molecule has 1 unspecified atom stereocenters. The summed E-state index contributed by atoms with van der Waals surface area (Å²) >= 11 is 5.77. The minimum atomic E-state index is -1.09. The molecule has 3 N–H and O–H groups in total. The molecule has 2 aromatic rings. The molecule has 0 spiro atoms. The molecule has 13 heteroatoms. The lowest BCUT2D eigenvalue weighted by Gasteiger charge is -2.19. The average Bonchev–Trinajstić information content (AvgIpc) is 3.13. The van der Waals surface area contributed by atoms with Gasteiger partial charge in [0.1, 0.15) is 12.3 Å². The Morgan fingerprint density at radius 1 is 1.48 bits per heavy atom. The summed E-state index contributed by atoms with van der Waals surface area (Å²) in [6.45, 7) is 3.09. The van der Waals surface area contributed by atoms with Crippen molar-refractivity contribution in [3.05, 3.63) is 65.9 Å². The first-order valence-corrected chi connectivity index (χ1v) is 10.5. The molecule has 1 fully saturated rings. The fourth-order valence-corrected chi connectivity index (χ4v) is 3.55. The first-order chi connectivity index (χ1) is 15.6. The Balaban J connectivity index is 1.61. The smallest absolute Gasteiger partial charge is 0.330 e. The van der Waals surface area contributed by atoms with E-state index >= 15 is 0 Å². The van der Waals surface area contributed by atoms with Crippen LogP contribution in [0, 0.1) is 10.1 Å². The minimum Gasteiger partial charge on any atom is -0.474 e. The van der Waals surface area contributed by atoms with E-state index in [-0.39, 0.29) is 29.4 Å². The molecule has 1 amide bonds. The van der Waals surface area contributed by atoms with Gasteiger partial charge < -0.3 is 19.9 Å². The second-order valence-corrected chi connectivity index (χ2v) is 7.92. The van der Waals surface area contributed by atoms with Crippen LogP contribution in [0.5, 0.6) is 5.75 Å². The third-order valence-corrected chi connectivity index (χ3v) is 5.44. The minimum absolute atomic E-state index is 0.0820. The van der Waals surface area contributed by atoms with Crippen LogP contribution < -0.4 is 21.3 Å². The van der Waals surface area contributed by atoms with Crippen molar-refractivity contribution in [1.29, 1.82) is 0 Å². The van der Waals surface area contributed by atoms with Crippen molar-refractivity contribution in [2.45, 2.75) is 51.2 Å². The Hall–Kier alpha value is -3.22. The van der Waals surface area contributed by atoms with Crippen LogP contribution in [0.4, 0.5) is 5.69 Å². The molecule has 1 aromatic carbocycles. The van der Waals surface area contributed by atoms with Crippen LogP contribution in [0.25, 0.3) is 0 Å². The largest absolute Gasteiger partial charge is 0.474 e. The Kier molecular flexibility index (Phi) is 7.51. The van der Waals surface area contributed by atoms with E-state index in [2.05, 4.69) is 10.3 Å². The lowest BCUT2D eigenvalue weighted by Crippen LogP contribution is -2.42. The molecule has 0 saturated carbocycles. The number of nitro groups is 1. The topological polar surface area (TPSA) is 166 Å². The van der Waals surface area contributed by atoms with Gasteiger partial charge in [-0.05, 0) is 25.5 Å². The van der Waals surface area contributed by atoms with E-state index in [1.807, 2.05) is 0 Å². The number of aromatic nitrogens is 2. The number of nitro benzene ring substituents is 1. The van der Waals surface area contributed by atoms with Crippen LogP contribution in [-0.4, -0.2) is 50.3 Å². The summed E-state index contributed by atoms with van der Waals surface area (Å²) in [7, 11) is 0. The zero-order valence-corrected chi connectivity index (χ0v) is 18.6. The van der Waals surface area contributed by atoms with Gasteiger partial charge in [-0.1, -0.05) is 18.5 Å². The van der Waals surface area contributed by atoms with Gasteiger partial charge >= 0.3 is 11.4 Å². The van der Waals surface area contributed by atoms with Crippen molar-refractivity contribution in [3.63, 3.8) is 0 Å². The van der Waals surface area contributed by atoms with Gasteiger partial charge in [-0.2, -0.15) is 0 Å². The van der Waals surface area contributed by atoms with Crippen LogP contribution in [0.2, 0.25) is 5.02 Å². The van der Waals surface area contributed by atoms with Gasteiger partial charge in [0.25, 0.3) is 11.5 Å². The maximum Gasteiger partial charge on any atom is 0.330 e. The van der Waals surface area contributed by atoms with Crippen LogP contribution >= 0.6 is 11.6 Å². The number of aliphatic hydroxyl groups excluding tert-OH is 1. The van der Waals surface area contributed by atoms with Gasteiger partial charge in [-0.25, -0.2) is 4.79 Å². The SMILES string of the molecule is CCc1cn([C@H]2C[C@H](O)[C@@H](CNC(=O)C(C)Oc3ccc(Cl)cc3[N+](=O)[O-])O2)c(=O)[nH]c1=O. The number of aryl methyl sites for hydroxylation is 1. The second-order valence-electron chi connectivity index (χ2n) is 7.48. The predicted octanol–water partition coefficient (Wildman–Crippen LogP) is 0.893. The van der Waals surface area contributed by atoms with Crippen molar-refractivity contribution < 1.29 is 24.3 Å². The summed E-state index contributed by atoms with van der Waals surface area (Å²) < 4.78 is 12.3. The molecule has 178 valence electrons. The number of nitrogens with one attached hydrogen (secondary N) is 2. The van der Waals surface area contributed by atoms with E-state index in [0.29, 0.717) is 12.0 Å². The molecule has 1 aliphatic heterocycles. The highest BCUT2D eigenvalue weighted by atomic mass is 35.5. The van der Waals surface area contributed by atoms with Crippen molar-refractivity contribution in [2.75, 3.05) is 6.54 Å². The third-order valence-electron chi connectivity index (χ3n) is 5.20. The molecule has 0 aliphatic carbocycles. The summed E-state index contributed by atoms with van der Waals surface area (Å²) in [4.78, 5) is 49.0. The number of ether oxygens (including phenoxy) is 2. The molecule has 0 radical (unpaired) electrons. The molecule has 1 saturated heterocycles. The zero-order valence-electron chi connectivity index (χ0n) is 17.8. The zero-order chi connectivity index (χ0) is 24.3. The highest BCUT2D eigenvalue weighted by Gasteiger charge is 2.36. The molecule has 0 bridgehead atoms. The molecule has 12 nitrogen and oxygen atoms in total. The number of nitrogens with zero attached hydrogens (tertiary/aromatic N) is 2. The Morgan fingerprint density at radius 3 is 2.88 bits per heavy atom. The van der Waals surface area contributed by atoms with Crippen molar-refractivity contribution in [3.8, 4) is 5.75 Å². The predicted molar refractivity (Wildman–Crippen MR) is 116 cm³/mol. The lowest BCUT2D eigenvalue weighted by molar-refractivity contribution is -0.386. The van der Waals surface area contributed by atoms with Gasteiger partial charge in [-0.15, -0.1) is 0 Å². The Bertz CT molecular complexity index is 1160. The molecule has 3 rings (SSSR count). The van der Waals surface area contributed by atoms with Gasteiger partial charge in [0.15, 0.2) is 11.9 Å².